The van der Waals surface area contributed by atoms with Gasteiger partial charge in [-0.05, 0) is 13.0 Å². The third-order valence-corrected chi connectivity index (χ3v) is 1.96. The zero-order chi connectivity index (χ0) is 10.1. The van der Waals surface area contributed by atoms with Gasteiger partial charge in [-0.25, -0.2) is 0 Å². The van der Waals surface area contributed by atoms with Crippen LogP contribution < -0.4 is 0 Å². The maximum Gasteiger partial charge on any atom is 0.306 e. The minimum absolute atomic E-state index is 0.142. The summed E-state index contributed by atoms with van der Waals surface area (Å²) in [6.45, 7) is 8.45. The number of ether oxygens (including phenoxy) is 1. The molecule has 3 nitrogen and oxygen atoms in total. The van der Waals surface area contributed by atoms with Gasteiger partial charge in [-0.1, -0.05) is 13.0 Å². The van der Waals surface area contributed by atoms with Crippen LogP contribution in [0.15, 0.2) is 12.7 Å². The van der Waals surface area contributed by atoms with E-state index < -0.39 is 0 Å². The zero-order valence-electron chi connectivity index (χ0n) is 8.58. The first-order valence-corrected chi connectivity index (χ1v) is 4.64. The monoisotopic (exact) mass is 185 g/mol. The number of rotatable bonds is 7. The molecule has 0 amide bonds. The van der Waals surface area contributed by atoms with Crippen LogP contribution in [0.4, 0.5) is 0 Å². The third kappa shape index (κ3) is 6.34. The van der Waals surface area contributed by atoms with Crippen LogP contribution in [0.2, 0.25) is 0 Å². The fourth-order valence-corrected chi connectivity index (χ4v) is 1.05. The summed E-state index contributed by atoms with van der Waals surface area (Å²) in [5.41, 5.74) is 0. The second kappa shape index (κ2) is 7.80. The fourth-order valence-electron chi connectivity index (χ4n) is 1.05. The van der Waals surface area contributed by atoms with Gasteiger partial charge in [0.25, 0.3) is 0 Å². The molecule has 3 heteroatoms. The maximum atomic E-state index is 10.8. The molecule has 0 aromatic heterocycles. The van der Waals surface area contributed by atoms with E-state index in [-0.39, 0.29) is 5.97 Å². The van der Waals surface area contributed by atoms with E-state index in [4.69, 9.17) is 0 Å². The highest BCUT2D eigenvalue weighted by atomic mass is 16.5. The van der Waals surface area contributed by atoms with Gasteiger partial charge in [0, 0.05) is 13.1 Å². The lowest BCUT2D eigenvalue weighted by molar-refractivity contribution is -0.140. The van der Waals surface area contributed by atoms with Crippen molar-refractivity contribution in [3.63, 3.8) is 0 Å². The first-order valence-electron chi connectivity index (χ1n) is 4.64. The molecule has 0 fully saturated rings. The number of nitrogens with zero attached hydrogens (tertiary/aromatic N) is 1. The molecule has 0 N–H and O–H groups in total. The predicted molar refractivity (Wildman–Crippen MR) is 53.6 cm³/mol. The van der Waals surface area contributed by atoms with Gasteiger partial charge >= 0.3 is 5.97 Å². The smallest absolute Gasteiger partial charge is 0.306 e. The summed E-state index contributed by atoms with van der Waals surface area (Å²) in [5.74, 6) is -0.142. The van der Waals surface area contributed by atoms with E-state index in [1.54, 1.807) is 0 Å². The second-order valence-corrected chi connectivity index (χ2v) is 2.84. The Labute approximate surface area is 80.4 Å². The third-order valence-electron chi connectivity index (χ3n) is 1.96. The summed E-state index contributed by atoms with van der Waals surface area (Å²) in [5, 5.41) is 0. The molecule has 0 saturated carbocycles. The molecule has 0 aliphatic heterocycles. The number of hydrogen-bond donors (Lipinski definition) is 0. The van der Waals surface area contributed by atoms with Gasteiger partial charge in [-0.15, -0.1) is 6.58 Å². The quantitative estimate of drug-likeness (QED) is 0.444. The molecule has 0 aromatic carbocycles. The number of esters is 1. The summed E-state index contributed by atoms with van der Waals surface area (Å²) in [7, 11) is 1.42. The van der Waals surface area contributed by atoms with Gasteiger partial charge in [0.2, 0.25) is 0 Å². The highest BCUT2D eigenvalue weighted by Crippen LogP contribution is 1.95. The van der Waals surface area contributed by atoms with Crippen LogP contribution in [0.5, 0.6) is 0 Å². The van der Waals surface area contributed by atoms with E-state index in [9.17, 15) is 4.79 Å². The van der Waals surface area contributed by atoms with Crippen LogP contribution in [0.1, 0.15) is 19.8 Å². The van der Waals surface area contributed by atoms with Crippen LogP contribution in [-0.4, -0.2) is 37.6 Å². The molecular formula is C10H19NO2. The zero-order valence-corrected chi connectivity index (χ0v) is 8.58. The Morgan fingerprint density at radius 3 is 2.69 bits per heavy atom. The van der Waals surface area contributed by atoms with Crippen LogP contribution in [0.3, 0.4) is 0 Å². The van der Waals surface area contributed by atoms with Crippen LogP contribution >= 0.6 is 0 Å². The molecule has 0 aliphatic carbocycles. The van der Waals surface area contributed by atoms with Gasteiger partial charge in [-0.3, -0.25) is 4.79 Å². The van der Waals surface area contributed by atoms with Crippen molar-refractivity contribution in [2.75, 3.05) is 26.7 Å². The van der Waals surface area contributed by atoms with E-state index in [2.05, 4.69) is 23.1 Å². The van der Waals surface area contributed by atoms with E-state index in [0.717, 1.165) is 26.1 Å². The van der Waals surface area contributed by atoms with E-state index in [1.807, 2.05) is 6.08 Å². The normalized spacial score (nSPS) is 10.1. The van der Waals surface area contributed by atoms with Crippen molar-refractivity contribution in [2.24, 2.45) is 0 Å². The molecule has 0 radical (unpaired) electrons. The maximum absolute atomic E-state index is 10.8. The molecule has 13 heavy (non-hydrogen) atoms. The Morgan fingerprint density at radius 1 is 1.54 bits per heavy atom. The number of hydrogen-bond acceptors (Lipinski definition) is 3. The summed E-state index contributed by atoms with van der Waals surface area (Å²) in [4.78, 5) is 13.0. The molecule has 0 rings (SSSR count). The molecule has 0 heterocycles. The Morgan fingerprint density at radius 2 is 2.23 bits per heavy atom. The number of methoxy groups -OCH3 is 1. The molecule has 0 aliphatic rings. The second-order valence-electron chi connectivity index (χ2n) is 2.84. The Balaban J connectivity index is 3.58. The molecule has 0 unspecified atom stereocenters. The first-order chi connectivity index (χ1) is 6.24. The van der Waals surface area contributed by atoms with Gasteiger partial charge < -0.3 is 9.64 Å². The number of carbonyl (C=O) groups excluding carboxylic acids is 1. The SMILES string of the molecule is C=CCCN(CC)CCC(=O)OC. The molecule has 76 valence electrons. The average Bonchev–Trinajstić information content (AvgIpc) is 2.17. The van der Waals surface area contributed by atoms with Gasteiger partial charge in [0.05, 0.1) is 13.5 Å². The standard InChI is InChI=1S/C10H19NO2/c1-4-6-8-11(5-2)9-7-10(12)13-3/h4H,1,5-9H2,2-3H3. The molecule has 0 spiro atoms. The summed E-state index contributed by atoms with van der Waals surface area (Å²) >= 11 is 0. The summed E-state index contributed by atoms with van der Waals surface area (Å²) in [6.07, 6.45) is 3.33. The van der Waals surface area contributed by atoms with E-state index >= 15 is 0 Å². The van der Waals surface area contributed by atoms with E-state index in [1.165, 1.54) is 7.11 Å². The predicted octanol–water partition coefficient (Wildman–Crippen LogP) is 1.45. The highest BCUT2D eigenvalue weighted by molar-refractivity contribution is 5.69. The van der Waals surface area contributed by atoms with Crippen molar-refractivity contribution in [3.8, 4) is 0 Å². The lowest BCUT2D eigenvalue weighted by Crippen LogP contribution is -2.27. The fraction of sp³-hybridized carbons (Fsp3) is 0.700. The lowest BCUT2D eigenvalue weighted by Gasteiger charge is -2.18. The number of carbonyl (C=O) groups is 1. The van der Waals surface area contributed by atoms with E-state index in [0.29, 0.717) is 6.42 Å². The van der Waals surface area contributed by atoms with Crippen LogP contribution in [0, 0.1) is 0 Å². The first kappa shape index (κ1) is 12.2. The molecule has 0 atom stereocenters. The Bertz CT molecular complexity index is 157. The van der Waals surface area contributed by atoms with Gasteiger partial charge in [0.1, 0.15) is 0 Å². The Kier molecular flexibility index (Phi) is 7.30. The van der Waals surface area contributed by atoms with Crippen molar-refractivity contribution in [3.05, 3.63) is 12.7 Å². The van der Waals surface area contributed by atoms with Crippen molar-refractivity contribution < 1.29 is 9.53 Å². The lowest BCUT2D eigenvalue weighted by atomic mass is 10.3. The summed E-state index contributed by atoms with van der Waals surface area (Å²) in [6, 6.07) is 0. The van der Waals surface area contributed by atoms with Crippen LogP contribution in [0.25, 0.3) is 0 Å². The van der Waals surface area contributed by atoms with Crippen molar-refractivity contribution in [2.45, 2.75) is 19.8 Å². The molecule has 0 aromatic rings. The largest absolute Gasteiger partial charge is 0.469 e. The Hall–Kier alpha value is -0.830. The molecular weight excluding hydrogens is 166 g/mol. The van der Waals surface area contributed by atoms with Crippen molar-refractivity contribution >= 4 is 5.97 Å². The van der Waals surface area contributed by atoms with Gasteiger partial charge in [0.15, 0.2) is 0 Å². The molecule has 0 saturated heterocycles. The van der Waals surface area contributed by atoms with Crippen molar-refractivity contribution in [1.82, 2.24) is 4.90 Å². The minimum Gasteiger partial charge on any atom is -0.469 e. The topological polar surface area (TPSA) is 29.5 Å². The van der Waals surface area contributed by atoms with Crippen LogP contribution in [-0.2, 0) is 9.53 Å². The summed E-state index contributed by atoms with van der Waals surface area (Å²) < 4.78 is 4.56. The highest BCUT2D eigenvalue weighted by Gasteiger charge is 2.04. The molecule has 0 bridgehead atoms. The van der Waals surface area contributed by atoms with Gasteiger partial charge in [-0.2, -0.15) is 0 Å². The minimum atomic E-state index is -0.142. The van der Waals surface area contributed by atoms with Crippen molar-refractivity contribution in [1.29, 1.82) is 0 Å². The average molecular weight is 185 g/mol.